The molecule has 0 saturated carbocycles. The van der Waals surface area contributed by atoms with Gasteiger partial charge in [0, 0.05) is 17.6 Å². The average molecular weight is 452 g/mol. The molecule has 162 valence electrons. The molecule has 2 amide bonds. The number of benzene rings is 3. The van der Waals surface area contributed by atoms with Crippen LogP contribution in [-0.4, -0.2) is 21.5 Å². The van der Waals surface area contributed by atoms with Gasteiger partial charge in [0.25, 0.3) is 11.8 Å². The fourth-order valence-electron chi connectivity index (χ4n) is 4.19. The molecular formula is C27H21N3O2S. The summed E-state index contributed by atoms with van der Waals surface area (Å²) < 4.78 is 1.95. The van der Waals surface area contributed by atoms with Crippen molar-refractivity contribution in [3.63, 3.8) is 0 Å². The van der Waals surface area contributed by atoms with E-state index in [0.717, 1.165) is 33.3 Å². The molecule has 1 aliphatic heterocycles. The number of rotatable bonds is 3. The first kappa shape index (κ1) is 20.8. The van der Waals surface area contributed by atoms with Gasteiger partial charge >= 0.3 is 0 Å². The minimum Gasteiger partial charge on any atom is -0.317 e. The van der Waals surface area contributed by atoms with Gasteiger partial charge in [-0.2, -0.15) is 0 Å². The van der Waals surface area contributed by atoms with Gasteiger partial charge in [-0.05, 0) is 90.4 Å². The molecular weight excluding hydrogens is 430 g/mol. The Kier molecular flexibility index (Phi) is 5.15. The van der Waals surface area contributed by atoms with Gasteiger partial charge in [0.1, 0.15) is 5.57 Å². The lowest BCUT2D eigenvalue weighted by Gasteiger charge is -2.29. The number of anilines is 1. The van der Waals surface area contributed by atoms with E-state index >= 15 is 0 Å². The molecule has 0 bridgehead atoms. The van der Waals surface area contributed by atoms with Crippen molar-refractivity contribution in [2.24, 2.45) is 0 Å². The summed E-state index contributed by atoms with van der Waals surface area (Å²) in [7, 11) is 0. The number of hydrogen-bond donors (Lipinski definition) is 1. The van der Waals surface area contributed by atoms with Crippen molar-refractivity contribution >= 4 is 51.7 Å². The van der Waals surface area contributed by atoms with E-state index in [-0.39, 0.29) is 10.7 Å². The van der Waals surface area contributed by atoms with E-state index in [2.05, 4.69) is 29.6 Å². The monoisotopic (exact) mass is 451 g/mol. The van der Waals surface area contributed by atoms with Gasteiger partial charge in [0.15, 0.2) is 5.11 Å². The van der Waals surface area contributed by atoms with Crippen LogP contribution < -0.4 is 10.2 Å². The smallest absolute Gasteiger partial charge is 0.270 e. The molecule has 0 unspecified atom stereocenters. The standard InChI is InChI=1S/C27H21N3O2S/c1-17-12-18(2)14-23(13-17)30-26(32)24(25(31)28-27(30)33)16-21-8-5-11-29(21)22-10-9-19-6-3-4-7-20(19)15-22/h3-16H,1-2H3,(H,28,31,33)/b24-16+. The number of fused-ring (bicyclic) bond motifs is 1. The first-order valence-corrected chi connectivity index (χ1v) is 11.0. The number of thiocarbonyl (C=S) groups is 1. The molecule has 0 radical (unpaired) electrons. The van der Waals surface area contributed by atoms with Crippen LogP contribution >= 0.6 is 12.2 Å². The predicted octanol–water partition coefficient (Wildman–Crippen LogP) is 5.08. The summed E-state index contributed by atoms with van der Waals surface area (Å²) in [6.45, 7) is 3.92. The normalized spacial score (nSPS) is 15.4. The second-order valence-corrected chi connectivity index (χ2v) is 8.52. The molecule has 0 atom stereocenters. The lowest BCUT2D eigenvalue weighted by Crippen LogP contribution is -2.54. The molecule has 5 rings (SSSR count). The molecule has 1 aliphatic rings. The van der Waals surface area contributed by atoms with Gasteiger partial charge in [-0.25, -0.2) is 0 Å². The Morgan fingerprint density at radius 2 is 1.55 bits per heavy atom. The number of carbonyl (C=O) groups excluding carboxylic acids is 2. The Hall–Kier alpha value is -4.03. The maximum atomic E-state index is 13.4. The Labute approximate surface area is 196 Å². The third-order valence-corrected chi connectivity index (χ3v) is 5.93. The molecule has 0 aliphatic carbocycles. The Bertz CT molecular complexity index is 1460. The molecule has 2 heterocycles. The van der Waals surface area contributed by atoms with E-state index in [4.69, 9.17) is 12.2 Å². The number of nitrogens with zero attached hydrogens (tertiary/aromatic N) is 2. The molecule has 3 aromatic carbocycles. The van der Waals surface area contributed by atoms with E-state index in [1.165, 1.54) is 4.90 Å². The summed E-state index contributed by atoms with van der Waals surface area (Å²) in [4.78, 5) is 27.6. The van der Waals surface area contributed by atoms with Crippen molar-refractivity contribution in [1.82, 2.24) is 9.88 Å². The van der Waals surface area contributed by atoms with E-state index < -0.39 is 11.8 Å². The highest BCUT2D eigenvalue weighted by molar-refractivity contribution is 7.80. The number of aromatic nitrogens is 1. The lowest BCUT2D eigenvalue weighted by molar-refractivity contribution is -0.122. The number of nitrogens with one attached hydrogen (secondary N) is 1. The summed E-state index contributed by atoms with van der Waals surface area (Å²) in [6, 6.07) is 23.8. The summed E-state index contributed by atoms with van der Waals surface area (Å²) in [5.74, 6) is -0.947. The molecule has 1 fully saturated rings. The molecule has 1 aromatic heterocycles. The lowest BCUT2D eigenvalue weighted by atomic mass is 10.1. The molecule has 1 N–H and O–H groups in total. The Morgan fingerprint density at radius 3 is 2.30 bits per heavy atom. The maximum absolute atomic E-state index is 13.4. The first-order chi connectivity index (χ1) is 15.9. The van der Waals surface area contributed by atoms with Crippen LogP contribution in [0.1, 0.15) is 16.8 Å². The fourth-order valence-corrected chi connectivity index (χ4v) is 4.47. The van der Waals surface area contributed by atoms with Crippen LogP contribution in [0.4, 0.5) is 5.69 Å². The number of carbonyl (C=O) groups is 2. The molecule has 6 heteroatoms. The molecule has 0 spiro atoms. The van der Waals surface area contributed by atoms with Crippen LogP contribution in [-0.2, 0) is 9.59 Å². The molecule has 1 saturated heterocycles. The molecule has 33 heavy (non-hydrogen) atoms. The highest BCUT2D eigenvalue weighted by Gasteiger charge is 2.34. The summed E-state index contributed by atoms with van der Waals surface area (Å²) in [5.41, 5.74) is 4.34. The zero-order chi connectivity index (χ0) is 23.1. The first-order valence-electron chi connectivity index (χ1n) is 10.6. The van der Waals surface area contributed by atoms with Crippen LogP contribution in [0, 0.1) is 13.8 Å². The summed E-state index contributed by atoms with van der Waals surface area (Å²) >= 11 is 5.34. The largest absolute Gasteiger partial charge is 0.317 e. The maximum Gasteiger partial charge on any atom is 0.270 e. The second kappa shape index (κ2) is 8.15. The summed E-state index contributed by atoms with van der Waals surface area (Å²) in [6.07, 6.45) is 3.53. The van der Waals surface area contributed by atoms with Crippen molar-refractivity contribution < 1.29 is 9.59 Å². The highest BCUT2D eigenvalue weighted by atomic mass is 32.1. The molecule has 5 nitrogen and oxygen atoms in total. The SMILES string of the molecule is Cc1cc(C)cc(N2C(=O)/C(=C/c3cccn3-c3ccc4ccccc4c3)C(=O)NC2=S)c1. The van der Waals surface area contributed by atoms with E-state index in [1.807, 2.05) is 73.1 Å². The zero-order valence-corrected chi connectivity index (χ0v) is 19.0. The van der Waals surface area contributed by atoms with Gasteiger partial charge in [0.2, 0.25) is 0 Å². The van der Waals surface area contributed by atoms with Crippen molar-refractivity contribution in [3.8, 4) is 5.69 Å². The second-order valence-electron chi connectivity index (χ2n) is 8.14. The van der Waals surface area contributed by atoms with Crippen LogP contribution in [0.25, 0.3) is 22.5 Å². The van der Waals surface area contributed by atoms with Crippen LogP contribution in [0.5, 0.6) is 0 Å². The minimum absolute atomic E-state index is 0.0310. The third kappa shape index (κ3) is 3.85. The number of hydrogen-bond acceptors (Lipinski definition) is 3. The van der Waals surface area contributed by atoms with E-state index in [9.17, 15) is 9.59 Å². The van der Waals surface area contributed by atoms with Gasteiger partial charge in [-0.15, -0.1) is 0 Å². The van der Waals surface area contributed by atoms with Crippen LogP contribution in [0.15, 0.2) is 84.6 Å². The van der Waals surface area contributed by atoms with Gasteiger partial charge in [0.05, 0.1) is 5.69 Å². The minimum atomic E-state index is -0.503. The van der Waals surface area contributed by atoms with Crippen molar-refractivity contribution in [2.75, 3.05) is 4.90 Å². The van der Waals surface area contributed by atoms with Gasteiger partial charge in [-0.1, -0.05) is 36.4 Å². The van der Waals surface area contributed by atoms with Gasteiger partial charge in [-0.3, -0.25) is 19.8 Å². The number of amides is 2. The van der Waals surface area contributed by atoms with Crippen molar-refractivity contribution in [3.05, 3.63) is 101 Å². The fraction of sp³-hybridized carbons (Fsp3) is 0.0741. The summed E-state index contributed by atoms with van der Waals surface area (Å²) in [5, 5.41) is 5.00. The Balaban J connectivity index is 1.56. The number of aryl methyl sites for hydroxylation is 2. The zero-order valence-electron chi connectivity index (χ0n) is 18.2. The quantitative estimate of drug-likeness (QED) is 0.269. The van der Waals surface area contributed by atoms with E-state index in [1.54, 1.807) is 6.08 Å². The van der Waals surface area contributed by atoms with Crippen molar-refractivity contribution in [1.29, 1.82) is 0 Å². The van der Waals surface area contributed by atoms with E-state index in [0.29, 0.717) is 5.69 Å². The van der Waals surface area contributed by atoms with Crippen molar-refractivity contribution in [2.45, 2.75) is 13.8 Å². The topological polar surface area (TPSA) is 54.3 Å². The van der Waals surface area contributed by atoms with Gasteiger partial charge < -0.3 is 4.57 Å². The highest BCUT2D eigenvalue weighted by Crippen LogP contribution is 2.26. The Morgan fingerprint density at radius 1 is 0.818 bits per heavy atom. The van der Waals surface area contributed by atoms with Crippen LogP contribution in [0.3, 0.4) is 0 Å². The molecule has 4 aromatic rings. The predicted molar refractivity (Wildman–Crippen MR) is 135 cm³/mol. The van der Waals surface area contributed by atoms with Crippen LogP contribution in [0.2, 0.25) is 0 Å². The third-order valence-electron chi connectivity index (χ3n) is 5.65. The average Bonchev–Trinajstić information content (AvgIpc) is 3.24.